The molecule has 17 nitrogen and oxygen atoms in total. The molecule has 0 saturated carbocycles. The Balaban J connectivity index is 0.000000260. The van der Waals surface area contributed by atoms with Crippen LogP contribution in [0.2, 0.25) is 0 Å². The number of hydrogen-bond donors (Lipinski definition) is 9. The number of aliphatic hydroxyl groups excluding tert-OH is 6. The summed E-state index contributed by atoms with van der Waals surface area (Å²) in [5, 5.41) is 65.6. The molecule has 0 radical (unpaired) electrons. The van der Waals surface area contributed by atoms with Crippen molar-refractivity contribution in [1.29, 1.82) is 0 Å². The fraction of sp³-hybridized carbons (Fsp3) is 0.619. The second-order valence-corrected chi connectivity index (χ2v) is 8.53. The molecule has 0 amide bonds. The standard InChI is InChI=1S/C10H15N3O6.C10H15N3O5.CH4/c1-4-2-13(10(17)11-8(4)12-18)9-7(16)6(15)5(3-14)19-9;1-4-2-13(10(17)12-8(4)11)9-7(16)6(15)5(3-14)18-9;/h2,5-7,9,14-16,18H,3H2,1H3,(H,11,12,17);2,5-7,9,14-16H,3H2,1H3,(H2,11,12,17);1H4/t2*5-,6+,7?,9-;/m11./s1. The molecule has 2 aromatic heterocycles. The van der Waals surface area contributed by atoms with Gasteiger partial charge in [-0.25, -0.2) is 9.59 Å². The molecule has 0 aliphatic carbocycles. The van der Waals surface area contributed by atoms with Crippen LogP contribution in [0.25, 0.3) is 0 Å². The van der Waals surface area contributed by atoms with Gasteiger partial charge in [0.15, 0.2) is 18.3 Å². The monoisotopic (exact) mass is 546 g/mol. The van der Waals surface area contributed by atoms with E-state index in [-0.39, 0.29) is 19.1 Å². The Hall–Kier alpha value is -3.00. The second kappa shape index (κ2) is 12.7. The quantitative estimate of drug-likeness (QED) is 0.164. The highest BCUT2D eigenvalue weighted by Crippen LogP contribution is 2.29. The highest BCUT2D eigenvalue weighted by Gasteiger charge is 2.44. The predicted octanol–water partition coefficient (Wildman–Crippen LogP) is -3.65. The predicted molar refractivity (Wildman–Crippen MR) is 129 cm³/mol. The van der Waals surface area contributed by atoms with Gasteiger partial charge in [0.25, 0.3) is 0 Å². The van der Waals surface area contributed by atoms with Crippen LogP contribution in [0.5, 0.6) is 0 Å². The van der Waals surface area contributed by atoms with Crippen molar-refractivity contribution in [1.82, 2.24) is 19.1 Å². The maximum absolute atomic E-state index is 11.8. The summed E-state index contributed by atoms with van der Waals surface area (Å²) in [5.74, 6) is 0.0935. The molecule has 8 atom stereocenters. The average molecular weight is 547 g/mol. The number of nitrogen functional groups attached to an aromatic ring is 1. The normalized spacial score (nSPS) is 30.3. The minimum Gasteiger partial charge on any atom is -0.394 e. The van der Waals surface area contributed by atoms with Gasteiger partial charge in [0.1, 0.15) is 42.4 Å². The number of aliphatic hydroxyl groups is 6. The maximum atomic E-state index is 11.8. The van der Waals surface area contributed by atoms with Crippen molar-refractivity contribution in [2.24, 2.45) is 0 Å². The molecule has 10 N–H and O–H groups in total. The molecule has 2 aliphatic heterocycles. The molecule has 4 heterocycles. The lowest BCUT2D eigenvalue weighted by Gasteiger charge is -2.18. The van der Waals surface area contributed by atoms with Gasteiger partial charge in [-0.3, -0.25) is 19.8 Å². The number of nitrogens with one attached hydrogen (secondary N) is 1. The van der Waals surface area contributed by atoms with Crippen LogP contribution in [0.3, 0.4) is 0 Å². The van der Waals surface area contributed by atoms with Gasteiger partial charge in [0.05, 0.1) is 13.2 Å². The van der Waals surface area contributed by atoms with Gasteiger partial charge in [-0.1, -0.05) is 7.43 Å². The smallest absolute Gasteiger partial charge is 0.351 e. The van der Waals surface area contributed by atoms with Crippen LogP contribution >= 0.6 is 0 Å². The van der Waals surface area contributed by atoms with E-state index in [9.17, 15) is 30.0 Å². The molecule has 2 saturated heterocycles. The Bertz CT molecular complexity index is 1210. The first-order chi connectivity index (χ1) is 17.4. The van der Waals surface area contributed by atoms with E-state index in [0.29, 0.717) is 11.1 Å². The van der Waals surface area contributed by atoms with E-state index in [0.717, 1.165) is 9.13 Å². The van der Waals surface area contributed by atoms with Crippen molar-refractivity contribution in [2.45, 2.75) is 70.4 Å². The van der Waals surface area contributed by atoms with Crippen LogP contribution < -0.4 is 22.6 Å². The number of aryl methyl sites for hydroxylation is 2. The first kappa shape index (κ1) is 31.2. The number of anilines is 2. The molecule has 2 aliphatic rings. The third-order valence-corrected chi connectivity index (χ3v) is 6.00. The molecular weight excluding hydrogens is 512 g/mol. The number of nitrogens with zero attached hydrogens (tertiary/aromatic N) is 4. The molecule has 0 bridgehead atoms. The van der Waals surface area contributed by atoms with Crippen LogP contribution in [0, 0.1) is 13.8 Å². The molecule has 0 aromatic carbocycles. The number of nitrogens with two attached hydrogens (primary N) is 1. The zero-order valence-corrected chi connectivity index (χ0v) is 19.8. The number of aromatic nitrogens is 4. The van der Waals surface area contributed by atoms with E-state index < -0.39 is 73.7 Å². The molecular formula is C21H34N6O11. The zero-order chi connectivity index (χ0) is 27.6. The van der Waals surface area contributed by atoms with Crippen LogP contribution in [0.1, 0.15) is 31.0 Å². The van der Waals surface area contributed by atoms with Gasteiger partial charge in [-0.05, 0) is 13.8 Å². The minimum absolute atomic E-state index is 0. The maximum Gasteiger partial charge on any atom is 0.351 e. The highest BCUT2D eigenvalue weighted by molar-refractivity contribution is 5.38. The highest BCUT2D eigenvalue weighted by atomic mass is 16.6. The van der Waals surface area contributed by atoms with E-state index in [2.05, 4.69) is 9.97 Å². The topological polar surface area (TPSA) is 268 Å². The summed E-state index contributed by atoms with van der Waals surface area (Å²) in [5.41, 5.74) is 6.80. The molecule has 214 valence electrons. The summed E-state index contributed by atoms with van der Waals surface area (Å²) in [7, 11) is 0. The van der Waals surface area contributed by atoms with Crippen LogP contribution in [-0.2, 0) is 9.47 Å². The Morgan fingerprint density at radius 3 is 1.66 bits per heavy atom. The summed E-state index contributed by atoms with van der Waals surface area (Å²) in [6.45, 7) is 2.30. The minimum atomic E-state index is -1.36. The first-order valence-corrected chi connectivity index (χ1v) is 11.0. The lowest BCUT2D eigenvalue weighted by atomic mass is 10.1. The van der Waals surface area contributed by atoms with Gasteiger partial charge in [-0.2, -0.15) is 9.97 Å². The molecule has 2 unspecified atom stereocenters. The summed E-state index contributed by atoms with van der Waals surface area (Å²) >= 11 is 0. The van der Waals surface area contributed by atoms with Gasteiger partial charge >= 0.3 is 11.4 Å². The van der Waals surface area contributed by atoms with Gasteiger partial charge in [0, 0.05) is 23.5 Å². The van der Waals surface area contributed by atoms with Crippen molar-refractivity contribution in [3.05, 3.63) is 44.5 Å². The van der Waals surface area contributed by atoms with E-state index in [1.807, 2.05) is 0 Å². The van der Waals surface area contributed by atoms with Crippen LogP contribution in [0.4, 0.5) is 11.6 Å². The van der Waals surface area contributed by atoms with Crippen molar-refractivity contribution < 1.29 is 45.3 Å². The lowest BCUT2D eigenvalue weighted by molar-refractivity contribution is -0.0550. The summed E-state index contributed by atoms with van der Waals surface area (Å²) in [6.07, 6.45) is -6.64. The Morgan fingerprint density at radius 2 is 1.26 bits per heavy atom. The average Bonchev–Trinajstić information content (AvgIpc) is 3.32. The summed E-state index contributed by atoms with van der Waals surface area (Å²) in [4.78, 5) is 30.5. The number of ether oxygens (including phenoxy) is 2. The second-order valence-electron chi connectivity index (χ2n) is 8.53. The van der Waals surface area contributed by atoms with Gasteiger partial charge in [-0.15, -0.1) is 0 Å². The third kappa shape index (κ3) is 6.01. The van der Waals surface area contributed by atoms with Crippen molar-refractivity contribution in [2.75, 3.05) is 24.4 Å². The molecule has 17 heteroatoms. The Kier molecular flexibility index (Phi) is 10.4. The first-order valence-electron chi connectivity index (χ1n) is 11.0. The fourth-order valence-corrected chi connectivity index (χ4v) is 3.84. The number of rotatable bonds is 5. The molecule has 2 aromatic rings. The molecule has 0 spiro atoms. The van der Waals surface area contributed by atoms with Crippen LogP contribution in [0.15, 0.2) is 22.0 Å². The van der Waals surface area contributed by atoms with Gasteiger partial charge < -0.3 is 45.8 Å². The molecule has 2 fully saturated rings. The number of hydrogen-bond acceptors (Lipinski definition) is 15. The Morgan fingerprint density at radius 1 is 0.842 bits per heavy atom. The Labute approximate surface area is 215 Å². The van der Waals surface area contributed by atoms with Crippen molar-refractivity contribution >= 4 is 11.6 Å². The van der Waals surface area contributed by atoms with E-state index in [1.165, 1.54) is 12.4 Å². The van der Waals surface area contributed by atoms with E-state index in [1.54, 1.807) is 19.3 Å². The zero-order valence-electron chi connectivity index (χ0n) is 19.8. The summed E-state index contributed by atoms with van der Waals surface area (Å²) in [6, 6.07) is 0. The van der Waals surface area contributed by atoms with Gasteiger partial charge in [0.2, 0.25) is 0 Å². The molecule has 4 rings (SSSR count). The van der Waals surface area contributed by atoms with E-state index in [4.69, 9.17) is 30.6 Å². The summed E-state index contributed by atoms with van der Waals surface area (Å²) < 4.78 is 12.5. The van der Waals surface area contributed by atoms with Crippen molar-refractivity contribution in [3.63, 3.8) is 0 Å². The fourth-order valence-electron chi connectivity index (χ4n) is 3.84. The van der Waals surface area contributed by atoms with Crippen molar-refractivity contribution in [3.8, 4) is 0 Å². The molecule has 38 heavy (non-hydrogen) atoms. The lowest BCUT2D eigenvalue weighted by Crippen LogP contribution is -2.36. The largest absolute Gasteiger partial charge is 0.394 e. The van der Waals surface area contributed by atoms with E-state index >= 15 is 0 Å². The third-order valence-electron chi connectivity index (χ3n) is 6.00. The van der Waals surface area contributed by atoms with Crippen LogP contribution in [-0.4, -0.2) is 105 Å². The SMILES string of the molecule is C.Cc1cn([C@@H]2O[C@H](CO)[C@H](O)C2O)c(=O)nc1N.Cc1cn([C@@H]2O[C@H](CO)[C@H](O)C2O)c(=O)nc1NO.